The molecule has 1 heterocycles. The zero-order valence-electron chi connectivity index (χ0n) is 10.8. The first-order valence-electron chi connectivity index (χ1n) is 6.46. The zero-order chi connectivity index (χ0) is 13.4. The summed E-state index contributed by atoms with van der Waals surface area (Å²) >= 11 is 6.10. The molecule has 0 spiro atoms. The average Bonchev–Trinajstić information content (AvgIpc) is 2.77. The van der Waals surface area contributed by atoms with E-state index < -0.39 is 0 Å². The topological polar surface area (TPSA) is 35.2 Å². The Hall–Kier alpha value is -1.51. The third-order valence-electron chi connectivity index (χ3n) is 3.50. The highest BCUT2D eigenvalue weighted by Crippen LogP contribution is 2.34. The monoisotopic (exact) mass is 273 g/mol. The van der Waals surface area contributed by atoms with Crippen molar-refractivity contribution in [3.8, 4) is 16.9 Å². The maximum Gasteiger partial charge on any atom is 0.123 e. The Balaban J connectivity index is 2.08. The van der Waals surface area contributed by atoms with Gasteiger partial charge in [-0.1, -0.05) is 23.7 Å². The van der Waals surface area contributed by atoms with Gasteiger partial charge in [-0.2, -0.15) is 0 Å². The third-order valence-corrected chi connectivity index (χ3v) is 3.73. The van der Waals surface area contributed by atoms with Crippen LogP contribution in [-0.2, 0) is 13.0 Å². The molecule has 2 nitrogen and oxygen atoms in total. The Labute approximate surface area is 118 Å². The summed E-state index contributed by atoms with van der Waals surface area (Å²) in [4.78, 5) is 0. The lowest BCUT2D eigenvalue weighted by atomic mass is 9.97. The average molecular weight is 274 g/mol. The van der Waals surface area contributed by atoms with E-state index in [0.29, 0.717) is 6.54 Å². The summed E-state index contributed by atoms with van der Waals surface area (Å²) in [6.07, 6.45) is 1.22. The van der Waals surface area contributed by atoms with Crippen molar-refractivity contribution in [2.24, 2.45) is 5.73 Å². The van der Waals surface area contributed by atoms with Crippen molar-refractivity contribution in [1.82, 2.24) is 0 Å². The largest absolute Gasteiger partial charge is 0.490 e. The van der Waals surface area contributed by atoms with E-state index in [1.807, 2.05) is 24.3 Å². The Morgan fingerprint density at radius 2 is 2.11 bits per heavy atom. The molecule has 1 unspecified atom stereocenters. The van der Waals surface area contributed by atoms with Crippen molar-refractivity contribution in [3.63, 3.8) is 0 Å². The molecule has 2 aromatic rings. The van der Waals surface area contributed by atoms with Crippen LogP contribution in [0.2, 0.25) is 5.02 Å². The quantitative estimate of drug-likeness (QED) is 0.904. The number of rotatable bonds is 2. The predicted molar refractivity (Wildman–Crippen MR) is 78.6 cm³/mol. The van der Waals surface area contributed by atoms with Crippen LogP contribution in [0, 0.1) is 0 Å². The van der Waals surface area contributed by atoms with E-state index in [9.17, 15) is 0 Å². The molecule has 0 aliphatic carbocycles. The van der Waals surface area contributed by atoms with E-state index >= 15 is 0 Å². The Morgan fingerprint density at radius 3 is 2.89 bits per heavy atom. The van der Waals surface area contributed by atoms with Gasteiger partial charge in [0.1, 0.15) is 11.9 Å². The maximum atomic E-state index is 6.10. The van der Waals surface area contributed by atoms with Crippen LogP contribution in [0.25, 0.3) is 11.1 Å². The number of hydrogen-bond donors (Lipinski definition) is 1. The molecule has 98 valence electrons. The first kappa shape index (κ1) is 12.5. The van der Waals surface area contributed by atoms with Gasteiger partial charge in [0.2, 0.25) is 0 Å². The van der Waals surface area contributed by atoms with Crippen LogP contribution in [0.5, 0.6) is 5.75 Å². The molecule has 0 aromatic heterocycles. The highest BCUT2D eigenvalue weighted by Gasteiger charge is 2.19. The third kappa shape index (κ3) is 2.34. The predicted octanol–water partition coefficient (Wildman–Crippen LogP) is 3.79. The molecule has 2 aromatic carbocycles. The summed E-state index contributed by atoms with van der Waals surface area (Å²) in [6, 6.07) is 12.1. The maximum absolute atomic E-state index is 6.10. The molecule has 0 radical (unpaired) electrons. The van der Waals surface area contributed by atoms with Gasteiger partial charge in [0.25, 0.3) is 0 Å². The molecule has 3 rings (SSSR count). The molecule has 0 fully saturated rings. The van der Waals surface area contributed by atoms with Gasteiger partial charge in [-0.3, -0.25) is 0 Å². The van der Waals surface area contributed by atoms with Gasteiger partial charge in [-0.15, -0.1) is 0 Å². The van der Waals surface area contributed by atoms with Crippen LogP contribution in [0.3, 0.4) is 0 Å². The molecule has 1 aliphatic rings. The smallest absolute Gasteiger partial charge is 0.123 e. The van der Waals surface area contributed by atoms with Gasteiger partial charge in [0, 0.05) is 18.0 Å². The van der Waals surface area contributed by atoms with E-state index in [1.54, 1.807) is 0 Å². The number of fused-ring (bicyclic) bond motifs is 1. The van der Waals surface area contributed by atoms with E-state index in [-0.39, 0.29) is 6.10 Å². The lowest BCUT2D eigenvalue weighted by Crippen LogP contribution is -2.05. The van der Waals surface area contributed by atoms with Gasteiger partial charge in [0.05, 0.1) is 0 Å². The molecular weight excluding hydrogens is 258 g/mol. The van der Waals surface area contributed by atoms with Crippen molar-refractivity contribution in [2.75, 3.05) is 0 Å². The van der Waals surface area contributed by atoms with E-state index in [1.165, 1.54) is 5.56 Å². The second kappa shape index (κ2) is 4.87. The lowest BCUT2D eigenvalue weighted by Gasteiger charge is -2.10. The molecule has 19 heavy (non-hydrogen) atoms. The minimum atomic E-state index is 0.263. The van der Waals surface area contributed by atoms with Crippen LogP contribution in [0.4, 0.5) is 0 Å². The molecule has 0 amide bonds. The van der Waals surface area contributed by atoms with E-state index in [4.69, 9.17) is 22.1 Å². The van der Waals surface area contributed by atoms with Crippen LogP contribution >= 0.6 is 11.6 Å². The molecule has 1 aliphatic heterocycles. The van der Waals surface area contributed by atoms with Gasteiger partial charge >= 0.3 is 0 Å². The minimum absolute atomic E-state index is 0.263. The highest BCUT2D eigenvalue weighted by atomic mass is 35.5. The SMILES string of the molecule is CC1Cc2cc(-c3cc(Cl)ccc3CN)ccc2O1. The zero-order valence-corrected chi connectivity index (χ0v) is 11.6. The summed E-state index contributed by atoms with van der Waals surface area (Å²) < 4.78 is 5.73. The Bertz CT molecular complexity index is 624. The van der Waals surface area contributed by atoms with Gasteiger partial charge in [-0.05, 0) is 53.4 Å². The number of hydrogen-bond acceptors (Lipinski definition) is 2. The Morgan fingerprint density at radius 1 is 1.26 bits per heavy atom. The normalized spacial score (nSPS) is 17.1. The van der Waals surface area contributed by atoms with Crippen LogP contribution in [-0.4, -0.2) is 6.10 Å². The van der Waals surface area contributed by atoms with Crippen molar-refractivity contribution in [2.45, 2.75) is 26.0 Å². The Kier molecular flexibility index (Phi) is 3.21. The standard InChI is InChI=1S/C16H16ClNO/c1-10-6-13-7-11(3-5-16(13)19-10)15-8-14(17)4-2-12(15)9-18/h2-5,7-8,10H,6,9,18H2,1H3. The van der Waals surface area contributed by atoms with E-state index in [2.05, 4.69) is 19.1 Å². The summed E-state index contributed by atoms with van der Waals surface area (Å²) in [5.74, 6) is 0.993. The number of nitrogens with two attached hydrogens (primary N) is 1. The summed E-state index contributed by atoms with van der Waals surface area (Å²) in [5, 5.41) is 0.734. The van der Waals surface area contributed by atoms with Crippen LogP contribution in [0.15, 0.2) is 36.4 Å². The van der Waals surface area contributed by atoms with Crippen LogP contribution < -0.4 is 10.5 Å². The van der Waals surface area contributed by atoms with Crippen molar-refractivity contribution in [3.05, 3.63) is 52.5 Å². The van der Waals surface area contributed by atoms with Crippen LogP contribution in [0.1, 0.15) is 18.1 Å². The first-order chi connectivity index (χ1) is 9.17. The van der Waals surface area contributed by atoms with Gasteiger partial charge in [0.15, 0.2) is 0 Å². The second-order valence-corrected chi connectivity index (χ2v) is 5.40. The van der Waals surface area contributed by atoms with Crippen molar-refractivity contribution < 1.29 is 4.74 Å². The number of halogens is 1. The fraction of sp³-hybridized carbons (Fsp3) is 0.250. The number of benzene rings is 2. The molecular formula is C16H16ClNO. The fourth-order valence-corrected chi connectivity index (χ4v) is 2.76. The molecule has 1 atom stereocenters. The first-order valence-corrected chi connectivity index (χ1v) is 6.83. The van der Waals surface area contributed by atoms with Gasteiger partial charge < -0.3 is 10.5 Å². The molecule has 0 bridgehead atoms. The van der Waals surface area contributed by atoms with Gasteiger partial charge in [-0.25, -0.2) is 0 Å². The highest BCUT2D eigenvalue weighted by molar-refractivity contribution is 6.30. The number of ether oxygens (including phenoxy) is 1. The summed E-state index contributed by atoms with van der Waals surface area (Å²) in [5.41, 5.74) is 10.4. The summed E-state index contributed by atoms with van der Waals surface area (Å²) in [7, 11) is 0. The van der Waals surface area contributed by atoms with E-state index in [0.717, 1.165) is 33.9 Å². The van der Waals surface area contributed by atoms with Crippen molar-refractivity contribution in [1.29, 1.82) is 0 Å². The lowest BCUT2D eigenvalue weighted by molar-refractivity contribution is 0.254. The fourth-order valence-electron chi connectivity index (χ4n) is 2.58. The molecule has 2 N–H and O–H groups in total. The van der Waals surface area contributed by atoms with Crippen molar-refractivity contribution >= 4 is 11.6 Å². The second-order valence-electron chi connectivity index (χ2n) is 4.96. The minimum Gasteiger partial charge on any atom is -0.490 e. The molecule has 3 heteroatoms. The summed E-state index contributed by atoms with van der Waals surface area (Å²) in [6.45, 7) is 2.60. The molecule has 0 saturated carbocycles. The molecule has 0 saturated heterocycles.